The Labute approximate surface area is 85.6 Å². The molecule has 0 amide bonds. The first-order chi connectivity index (χ1) is 4.76. The summed E-state index contributed by atoms with van der Waals surface area (Å²) in [5.41, 5.74) is 0. The van der Waals surface area contributed by atoms with Gasteiger partial charge in [0.05, 0.1) is 12.5 Å². The van der Waals surface area contributed by atoms with E-state index in [1.54, 1.807) is 0 Å². The van der Waals surface area contributed by atoms with Crippen LogP contribution >= 0.6 is 0 Å². The van der Waals surface area contributed by atoms with Gasteiger partial charge in [0, 0.05) is 0 Å². The van der Waals surface area contributed by atoms with Crippen LogP contribution in [0.15, 0.2) is 0 Å². The Hall–Kier alpha value is 0.269. The molecule has 0 aliphatic carbocycles. The molecule has 0 rings (SSSR count). The van der Waals surface area contributed by atoms with E-state index in [1.807, 2.05) is 20.8 Å². The second-order valence-corrected chi connectivity index (χ2v) is 2.27. The fourth-order valence-electron chi connectivity index (χ4n) is 0.882. The van der Waals surface area contributed by atoms with Crippen LogP contribution in [-0.2, 0) is 9.53 Å². The standard InChI is InChI=1S/C8H16O2.Sn.2H/c1-4-7(5-2)8(9)10-6-3;;;/h7H,4-6H2,1-3H3;;;. The van der Waals surface area contributed by atoms with Gasteiger partial charge in [-0.25, -0.2) is 0 Å². The van der Waals surface area contributed by atoms with Gasteiger partial charge >= 0.3 is 29.9 Å². The number of rotatable bonds is 4. The van der Waals surface area contributed by atoms with E-state index in [9.17, 15) is 4.79 Å². The van der Waals surface area contributed by atoms with Crippen molar-refractivity contribution in [1.82, 2.24) is 0 Å². The number of ether oxygens (including phenoxy) is 1. The molecule has 0 aliphatic rings. The van der Waals surface area contributed by atoms with Crippen LogP contribution in [0.1, 0.15) is 33.6 Å². The predicted molar refractivity (Wildman–Crippen MR) is 49.2 cm³/mol. The van der Waals surface area contributed by atoms with Crippen molar-refractivity contribution < 1.29 is 9.53 Å². The van der Waals surface area contributed by atoms with Crippen molar-refractivity contribution in [2.75, 3.05) is 6.61 Å². The van der Waals surface area contributed by atoms with Crippen LogP contribution in [0, 0.1) is 5.92 Å². The van der Waals surface area contributed by atoms with Crippen LogP contribution in [0.5, 0.6) is 0 Å². The first-order valence-electron chi connectivity index (χ1n) is 3.92. The SMILES string of the molecule is CCOC(=O)C(CC)CC.[SnH2]. The molecule has 0 spiro atoms. The van der Waals surface area contributed by atoms with E-state index in [0.717, 1.165) is 12.8 Å². The van der Waals surface area contributed by atoms with E-state index < -0.39 is 0 Å². The molecule has 0 N–H and O–H groups in total. The molecule has 0 atom stereocenters. The molecule has 3 heteroatoms. The van der Waals surface area contributed by atoms with Gasteiger partial charge in [-0.05, 0) is 19.8 Å². The summed E-state index contributed by atoms with van der Waals surface area (Å²) in [6.45, 7) is 6.34. The Bertz CT molecular complexity index is 100. The van der Waals surface area contributed by atoms with Crippen molar-refractivity contribution in [2.24, 2.45) is 5.92 Å². The van der Waals surface area contributed by atoms with Crippen molar-refractivity contribution >= 4 is 29.9 Å². The molecule has 0 aromatic heterocycles. The van der Waals surface area contributed by atoms with Crippen LogP contribution in [-0.4, -0.2) is 36.5 Å². The molecule has 2 radical (unpaired) electrons. The van der Waals surface area contributed by atoms with E-state index in [2.05, 4.69) is 0 Å². The number of esters is 1. The predicted octanol–water partition coefficient (Wildman–Crippen LogP) is 1.07. The van der Waals surface area contributed by atoms with Crippen LogP contribution in [0.3, 0.4) is 0 Å². The maximum absolute atomic E-state index is 11.0. The topological polar surface area (TPSA) is 26.3 Å². The van der Waals surface area contributed by atoms with Crippen LogP contribution < -0.4 is 0 Å². The molecule has 66 valence electrons. The first-order valence-corrected chi connectivity index (χ1v) is 3.92. The minimum atomic E-state index is -0.0486. The zero-order valence-corrected chi connectivity index (χ0v) is 11.8. The van der Waals surface area contributed by atoms with Gasteiger partial charge in [-0.15, -0.1) is 0 Å². The Balaban J connectivity index is 0. The molecular weight excluding hydrogens is 247 g/mol. The quantitative estimate of drug-likeness (QED) is 0.561. The van der Waals surface area contributed by atoms with Crippen molar-refractivity contribution in [1.29, 1.82) is 0 Å². The second kappa shape index (κ2) is 8.37. The van der Waals surface area contributed by atoms with Crippen LogP contribution in [0.25, 0.3) is 0 Å². The van der Waals surface area contributed by atoms with E-state index in [4.69, 9.17) is 4.74 Å². The molecule has 0 bridgehead atoms. The summed E-state index contributed by atoms with van der Waals surface area (Å²) in [6, 6.07) is 0. The minimum absolute atomic E-state index is 0. The summed E-state index contributed by atoms with van der Waals surface area (Å²) in [7, 11) is 0. The van der Waals surface area contributed by atoms with Gasteiger partial charge in [0.1, 0.15) is 0 Å². The molecule has 0 unspecified atom stereocenters. The van der Waals surface area contributed by atoms with Crippen molar-refractivity contribution in [3.63, 3.8) is 0 Å². The summed E-state index contributed by atoms with van der Waals surface area (Å²) in [4.78, 5) is 11.0. The third-order valence-corrected chi connectivity index (χ3v) is 1.61. The molecule has 0 saturated carbocycles. The van der Waals surface area contributed by atoms with Gasteiger partial charge < -0.3 is 4.74 Å². The normalized spacial score (nSPS) is 9.09. The van der Waals surface area contributed by atoms with E-state index in [-0.39, 0.29) is 35.8 Å². The molecule has 2 nitrogen and oxygen atoms in total. The van der Waals surface area contributed by atoms with Crippen molar-refractivity contribution in [3.05, 3.63) is 0 Å². The monoisotopic (exact) mass is 266 g/mol. The Morgan fingerprint density at radius 2 is 1.73 bits per heavy atom. The summed E-state index contributed by atoms with van der Waals surface area (Å²) < 4.78 is 4.85. The molecule has 0 fully saturated rings. The number of carbonyl (C=O) groups excluding carboxylic acids is 1. The number of carbonyl (C=O) groups is 1. The van der Waals surface area contributed by atoms with E-state index in [1.165, 1.54) is 0 Å². The average molecular weight is 265 g/mol. The van der Waals surface area contributed by atoms with Gasteiger partial charge in [0.2, 0.25) is 0 Å². The molecule has 0 aliphatic heterocycles. The van der Waals surface area contributed by atoms with Gasteiger partial charge in [-0.2, -0.15) is 0 Å². The summed E-state index contributed by atoms with van der Waals surface area (Å²) in [6.07, 6.45) is 1.77. The zero-order valence-electron chi connectivity index (χ0n) is 7.72. The van der Waals surface area contributed by atoms with Crippen LogP contribution in [0.2, 0.25) is 0 Å². The van der Waals surface area contributed by atoms with Gasteiger partial charge in [-0.3, -0.25) is 4.79 Å². The van der Waals surface area contributed by atoms with Gasteiger partial charge in [-0.1, -0.05) is 13.8 Å². The van der Waals surface area contributed by atoms with Gasteiger partial charge in [0.25, 0.3) is 0 Å². The molecular formula is C8H18O2Sn. The summed E-state index contributed by atoms with van der Waals surface area (Å²) in [5, 5.41) is 0. The fraction of sp³-hybridized carbons (Fsp3) is 0.875. The average Bonchev–Trinajstić information content (AvgIpc) is 1.91. The fourth-order valence-corrected chi connectivity index (χ4v) is 0.882. The van der Waals surface area contributed by atoms with E-state index in [0.29, 0.717) is 6.61 Å². The molecule has 0 aromatic carbocycles. The van der Waals surface area contributed by atoms with Crippen molar-refractivity contribution in [2.45, 2.75) is 33.6 Å². The number of hydrogen-bond donors (Lipinski definition) is 0. The zero-order chi connectivity index (χ0) is 7.98. The number of hydrogen-bond acceptors (Lipinski definition) is 2. The first kappa shape index (κ1) is 13.8. The third kappa shape index (κ3) is 5.53. The molecule has 0 heterocycles. The summed E-state index contributed by atoms with van der Waals surface area (Å²) in [5.74, 6) is 0.0625. The molecule has 11 heavy (non-hydrogen) atoms. The second-order valence-electron chi connectivity index (χ2n) is 2.27. The van der Waals surface area contributed by atoms with Crippen LogP contribution in [0.4, 0.5) is 0 Å². The van der Waals surface area contributed by atoms with E-state index >= 15 is 0 Å². The molecule has 0 aromatic rings. The van der Waals surface area contributed by atoms with Crippen molar-refractivity contribution in [3.8, 4) is 0 Å². The van der Waals surface area contributed by atoms with Gasteiger partial charge in [0.15, 0.2) is 0 Å². The summed E-state index contributed by atoms with van der Waals surface area (Å²) >= 11 is 0. The Morgan fingerprint density at radius 1 is 1.27 bits per heavy atom. The Morgan fingerprint density at radius 3 is 2.00 bits per heavy atom. The molecule has 0 saturated heterocycles. The maximum atomic E-state index is 11.0. The third-order valence-electron chi connectivity index (χ3n) is 1.61. The Kier molecular flexibility index (Phi) is 10.5.